The molecule has 1 aliphatic carbocycles. The van der Waals surface area contributed by atoms with Crippen LogP contribution in [0.15, 0.2) is 23.1 Å². The number of anilines is 1. The Kier molecular flexibility index (Phi) is 5.34. The zero-order chi connectivity index (χ0) is 18.0. The van der Waals surface area contributed by atoms with Crippen molar-refractivity contribution in [1.29, 1.82) is 0 Å². The third-order valence-electron chi connectivity index (χ3n) is 4.91. The van der Waals surface area contributed by atoms with E-state index in [1.165, 1.54) is 10.4 Å². The Morgan fingerprint density at radius 1 is 1.28 bits per heavy atom. The van der Waals surface area contributed by atoms with Crippen molar-refractivity contribution in [1.82, 2.24) is 4.31 Å². The molecule has 1 aromatic carbocycles. The first-order valence-corrected chi connectivity index (χ1v) is 10.5. The lowest BCUT2D eigenvalue weighted by molar-refractivity contribution is -0.117. The second-order valence-electron chi connectivity index (χ2n) is 6.86. The van der Waals surface area contributed by atoms with Crippen LogP contribution >= 0.6 is 0 Å². The number of nitrogens with one attached hydrogen (secondary N) is 1. The van der Waals surface area contributed by atoms with Gasteiger partial charge in [0, 0.05) is 19.0 Å². The highest BCUT2D eigenvalue weighted by atomic mass is 32.2. The number of hydrogen-bond donors (Lipinski definition) is 1. The molecule has 1 aromatic rings. The van der Waals surface area contributed by atoms with Gasteiger partial charge in [0.2, 0.25) is 15.9 Å². The lowest BCUT2D eigenvalue weighted by Crippen LogP contribution is -2.35. The van der Waals surface area contributed by atoms with Crippen molar-refractivity contribution in [2.75, 3.05) is 25.0 Å². The summed E-state index contributed by atoms with van der Waals surface area (Å²) in [6, 6.07) is 4.72. The summed E-state index contributed by atoms with van der Waals surface area (Å²) < 4.78 is 32.8. The van der Waals surface area contributed by atoms with Crippen LogP contribution in [-0.2, 0) is 14.8 Å². The normalized spacial score (nSPS) is 23.9. The highest BCUT2D eigenvalue weighted by molar-refractivity contribution is 7.89. The fraction of sp³-hybridized carbons (Fsp3) is 0.611. The molecule has 1 N–H and O–H groups in total. The average molecular weight is 366 g/mol. The van der Waals surface area contributed by atoms with Crippen molar-refractivity contribution in [3.63, 3.8) is 0 Å². The van der Waals surface area contributed by atoms with E-state index in [2.05, 4.69) is 5.32 Å². The number of benzene rings is 1. The van der Waals surface area contributed by atoms with Gasteiger partial charge in [-0.15, -0.1) is 0 Å². The quantitative estimate of drug-likeness (QED) is 0.840. The molecule has 1 amide bonds. The maximum Gasteiger partial charge on any atom is 0.243 e. The summed E-state index contributed by atoms with van der Waals surface area (Å²) >= 11 is 0. The molecule has 0 bridgehead atoms. The SMILES string of the molecule is CCOc1ccc(S(=O)(=O)N2CCCCC2)cc1NC(=O)[C@@H]1C[C@@H]1C. The molecular weight excluding hydrogens is 340 g/mol. The zero-order valence-electron chi connectivity index (χ0n) is 14.8. The van der Waals surface area contributed by atoms with Gasteiger partial charge in [0.05, 0.1) is 17.2 Å². The number of carbonyl (C=O) groups is 1. The number of amides is 1. The van der Waals surface area contributed by atoms with Gasteiger partial charge in [-0.05, 0) is 50.3 Å². The minimum atomic E-state index is -3.54. The van der Waals surface area contributed by atoms with E-state index in [1.807, 2.05) is 13.8 Å². The van der Waals surface area contributed by atoms with Crippen LogP contribution in [0.3, 0.4) is 0 Å². The van der Waals surface area contributed by atoms with E-state index in [1.54, 1.807) is 12.1 Å². The predicted octanol–water partition coefficient (Wildman–Crippen LogP) is 2.85. The lowest BCUT2D eigenvalue weighted by Gasteiger charge is -2.26. The van der Waals surface area contributed by atoms with E-state index in [4.69, 9.17) is 4.74 Å². The Morgan fingerprint density at radius 3 is 2.56 bits per heavy atom. The van der Waals surface area contributed by atoms with Crippen LogP contribution in [0, 0.1) is 11.8 Å². The van der Waals surface area contributed by atoms with Crippen LogP contribution < -0.4 is 10.1 Å². The van der Waals surface area contributed by atoms with Crippen LogP contribution in [0.4, 0.5) is 5.69 Å². The summed E-state index contributed by atoms with van der Waals surface area (Å²) in [6.45, 7) is 5.44. The van der Waals surface area contributed by atoms with E-state index in [-0.39, 0.29) is 16.7 Å². The van der Waals surface area contributed by atoms with Gasteiger partial charge in [0.25, 0.3) is 0 Å². The van der Waals surface area contributed by atoms with Crippen molar-refractivity contribution in [2.45, 2.75) is 44.4 Å². The van der Waals surface area contributed by atoms with Crippen molar-refractivity contribution in [3.8, 4) is 5.75 Å². The average Bonchev–Trinajstić information content (AvgIpc) is 3.34. The molecule has 7 heteroatoms. The first-order chi connectivity index (χ1) is 11.9. The number of nitrogens with zero attached hydrogens (tertiary/aromatic N) is 1. The van der Waals surface area contributed by atoms with Gasteiger partial charge in [0.15, 0.2) is 0 Å². The first-order valence-electron chi connectivity index (χ1n) is 9.01. The van der Waals surface area contributed by atoms with Gasteiger partial charge in [-0.2, -0.15) is 4.31 Å². The number of carbonyl (C=O) groups excluding carboxylic acids is 1. The maximum absolute atomic E-state index is 12.9. The Labute approximate surface area is 149 Å². The van der Waals surface area contributed by atoms with Gasteiger partial charge in [0.1, 0.15) is 5.75 Å². The topological polar surface area (TPSA) is 75.7 Å². The molecule has 2 aliphatic rings. The van der Waals surface area contributed by atoms with E-state index in [0.717, 1.165) is 25.7 Å². The van der Waals surface area contributed by atoms with Gasteiger partial charge < -0.3 is 10.1 Å². The third-order valence-corrected chi connectivity index (χ3v) is 6.80. The molecule has 2 atom stereocenters. The zero-order valence-corrected chi connectivity index (χ0v) is 15.6. The van der Waals surface area contributed by atoms with Gasteiger partial charge >= 0.3 is 0 Å². The highest BCUT2D eigenvalue weighted by Gasteiger charge is 2.39. The summed E-state index contributed by atoms with van der Waals surface area (Å²) in [5.74, 6) is 0.829. The molecule has 0 unspecified atom stereocenters. The Hall–Kier alpha value is -1.60. The molecule has 6 nitrogen and oxygen atoms in total. The molecule has 2 fully saturated rings. The minimum Gasteiger partial charge on any atom is -0.492 e. The molecular formula is C18H26N2O4S. The summed E-state index contributed by atoms with van der Waals surface area (Å²) in [5.41, 5.74) is 0.434. The van der Waals surface area contributed by atoms with Gasteiger partial charge in [-0.25, -0.2) is 8.42 Å². The summed E-state index contributed by atoms with van der Waals surface area (Å²) in [6.07, 6.45) is 3.72. The second kappa shape index (κ2) is 7.33. The number of sulfonamides is 1. The van der Waals surface area contributed by atoms with E-state index < -0.39 is 10.0 Å². The fourth-order valence-corrected chi connectivity index (χ4v) is 4.76. The Bertz CT molecular complexity index is 741. The molecule has 1 saturated carbocycles. The number of piperidine rings is 1. The minimum absolute atomic E-state index is 0.0110. The van der Waals surface area contributed by atoms with Crippen LogP contribution in [0.1, 0.15) is 39.5 Å². The highest BCUT2D eigenvalue weighted by Crippen LogP contribution is 2.39. The second-order valence-corrected chi connectivity index (χ2v) is 8.80. The molecule has 3 rings (SSSR count). The maximum atomic E-state index is 12.9. The molecule has 1 heterocycles. The number of hydrogen-bond acceptors (Lipinski definition) is 4. The van der Waals surface area contributed by atoms with E-state index in [0.29, 0.717) is 37.1 Å². The van der Waals surface area contributed by atoms with Gasteiger partial charge in [-0.1, -0.05) is 13.3 Å². The van der Waals surface area contributed by atoms with Crippen molar-refractivity contribution >= 4 is 21.6 Å². The Morgan fingerprint density at radius 2 is 1.96 bits per heavy atom. The first kappa shape index (κ1) is 18.2. The van der Waals surface area contributed by atoms with Gasteiger partial charge in [-0.3, -0.25) is 4.79 Å². The van der Waals surface area contributed by atoms with Crippen LogP contribution in [0.5, 0.6) is 5.75 Å². The molecule has 0 aromatic heterocycles. The van der Waals surface area contributed by atoms with Crippen molar-refractivity contribution < 1.29 is 17.9 Å². The molecule has 1 saturated heterocycles. The Balaban J connectivity index is 1.87. The summed E-state index contributed by atoms with van der Waals surface area (Å²) in [5, 5.41) is 2.86. The van der Waals surface area contributed by atoms with Crippen LogP contribution in [0.2, 0.25) is 0 Å². The van der Waals surface area contributed by atoms with E-state index in [9.17, 15) is 13.2 Å². The fourth-order valence-electron chi connectivity index (χ4n) is 3.22. The largest absolute Gasteiger partial charge is 0.492 e. The van der Waals surface area contributed by atoms with Crippen molar-refractivity contribution in [3.05, 3.63) is 18.2 Å². The van der Waals surface area contributed by atoms with E-state index >= 15 is 0 Å². The summed E-state index contributed by atoms with van der Waals surface area (Å²) in [7, 11) is -3.54. The smallest absolute Gasteiger partial charge is 0.243 e. The predicted molar refractivity (Wildman–Crippen MR) is 96.1 cm³/mol. The standard InChI is InChI=1S/C18H26N2O4S/c1-3-24-17-8-7-14(25(22,23)20-9-5-4-6-10-20)12-16(17)19-18(21)15-11-13(15)2/h7-8,12-13,15H,3-6,9-11H2,1-2H3,(H,19,21)/t13-,15+/m0/s1. The molecule has 1 aliphatic heterocycles. The molecule has 0 spiro atoms. The van der Waals surface area contributed by atoms with Crippen LogP contribution in [0.25, 0.3) is 0 Å². The van der Waals surface area contributed by atoms with Crippen molar-refractivity contribution in [2.24, 2.45) is 11.8 Å². The monoisotopic (exact) mass is 366 g/mol. The molecule has 138 valence electrons. The van der Waals surface area contributed by atoms with Crippen LogP contribution in [-0.4, -0.2) is 38.3 Å². The number of ether oxygens (including phenoxy) is 1. The molecule has 25 heavy (non-hydrogen) atoms. The number of rotatable bonds is 6. The third kappa shape index (κ3) is 3.98. The summed E-state index contributed by atoms with van der Waals surface area (Å²) in [4.78, 5) is 12.5. The molecule has 0 radical (unpaired) electrons. The lowest BCUT2D eigenvalue weighted by atomic mass is 10.2.